The Labute approximate surface area is 224 Å². The van der Waals surface area contributed by atoms with Crippen LogP contribution in [-0.2, 0) is 12.7 Å². The SMILES string of the molecule is Cc1ccc2cc(C3CCC(c4cnccc4C(F)(F)F)CC3)c(=O)n(Cc3ncccc3OC(F)(F)F)c2n1. The summed E-state index contributed by atoms with van der Waals surface area (Å²) in [7, 11) is 0. The molecule has 210 valence electrons. The molecule has 0 aliphatic heterocycles. The third kappa shape index (κ3) is 5.80. The van der Waals surface area contributed by atoms with Gasteiger partial charge in [0, 0.05) is 35.2 Å². The highest BCUT2D eigenvalue weighted by atomic mass is 19.4. The normalized spacial score (nSPS) is 18.2. The van der Waals surface area contributed by atoms with Gasteiger partial charge in [-0.25, -0.2) is 4.98 Å². The van der Waals surface area contributed by atoms with Crippen LogP contribution in [-0.4, -0.2) is 25.9 Å². The molecule has 6 nitrogen and oxygen atoms in total. The molecule has 1 saturated carbocycles. The molecule has 0 bridgehead atoms. The van der Waals surface area contributed by atoms with Crippen LogP contribution in [0.5, 0.6) is 5.75 Å². The maximum absolute atomic E-state index is 13.8. The lowest BCUT2D eigenvalue weighted by Gasteiger charge is -2.30. The molecule has 1 fully saturated rings. The summed E-state index contributed by atoms with van der Waals surface area (Å²) >= 11 is 0. The van der Waals surface area contributed by atoms with Gasteiger partial charge in [-0.3, -0.25) is 19.3 Å². The predicted molar refractivity (Wildman–Crippen MR) is 134 cm³/mol. The highest BCUT2D eigenvalue weighted by Gasteiger charge is 2.37. The maximum Gasteiger partial charge on any atom is 0.573 e. The van der Waals surface area contributed by atoms with Gasteiger partial charge in [-0.15, -0.1) is 13.2 Å². The highest BCUT2D eigenvalue weighted by Crippen LogP contribution is 2.44. The average Bonchev–Trinajstić information content (AvgIpc) is 2.90. The molecule has 5 rings (SSSR count). The van der Waals surface area contributed by atoms with E-state index in [1.54, 1.807) is 25.1 Å². The minimum Gasteiger partial charge on any atom is -0.404 e. The number of pyridine rings is 4. The van der Waals surface area contributed by atoms with Gasteiger partial charge >= 0.3 is 12.5 Å². The first kappa shape index (κ1) is 27.6. The third-order valence-electron chi connectivity index (χ3n) is 7.25. The van der Waals surface area contributed by atoms with Crippen LogP contribution < -0.4 is 10.3 Å². The zero-order valence-electron chi connectivity index (χ0n) is 21.3. The van der Waals surface area contributed by atoms with Crippen molar-refractivity contribution in [2.24, 2.45) is 0 Å². The van der Waals surface area contributed by atoms with Crippen molar-refractivity contribution in [3.8, 4) is 5.75 Å². The Balaban J connectivity index is 1.49. The zero-order chi connectivity index (χ0) is 28.7. The van der Waals surface area contributed by atoms with Gasteiger partial charge in [-0.1, -0.05) is 0 Å². The Hall–Kier alpha value is -3.96. The summed E-state index contributed by atoms with van der Waals surface area (Å²) in [6.07, 6.45) is -3.97. The van der Waals surface area contributed by atoms with Gasteiger partial charge in [0.15, 0.2) is 5.75 Å². The molecule has 0 radical (unpaired) electrons. The van der Waals surface area contributed by atoms with Crippen LogP contribution in [0.15, 0.2) is 59.8 Å². The van der Waals surface area contributed by atoms with Crippen molar-refractivity contribution in [2.45, 2.75) is 63.5 Å². The number of halogens is 6. The Bertz CT molecular complexity index is 1590. The van der Waals surface area contributed by atoms with Gasteiger partial charge in [-0.2, -0.15) is 13.2 Å². The van der Waals surface area contributed by atoms with E-state index in [0.717, 1.165) is 18.3 Å². The van der Waals surface area contributed by atoms with E-state index in [1.165, 1.54) is 23.0 Å². The van der Waals surface area contributed by atoms with Crippen LogP contribution in [0.2, 0.25) is 0 Å². The molecule has 0 unspecified atom stereocenters. The lowest BCUT2D eigenvalue weighted by molar-refractivity contribution is -0.275. The standard InChI is InChI=1S/C28H24F6N4O2/c1-16-4-5-19-13-20(17-6-8-18(9-7-17)21-14-35-12-10-22(21)27(29,30)31)26(39)38(25(19)37-16)15-23-24(3-2-11-36-23)40-28(32,33)34/h2-5,10-14,17-18H,6-9,15H2,1H3. The first-order valence-corrected chi connectivity index (χ1v) is 12.6. The molecule has 40 heavy (non-hydrogen) atoms. The van der Waals surface area contributed by atoms with E-state index < -0.39 is 29.4 Å². The van der Waals surface area contributed by atoms with Gasteiger partial charge in [0.25, 0.3) is 5.56 Å². The number of rotatable bonds is 5. The first-order chi connectivity index (χ1) is 18.9. The fraction of sp³-hybridized carbons (Fsp3) is 0.357. The van der Waals surface area contributed by atoms with Crippen LogP contribution in [0, 0.1) is 6.92 Å². The zero-order valence-corrected chi connectivity index (χ0v) is 21.3. The van der Waals surface area contributed by atoms with E-state index in [9.17, 15) is 31.1 Å². The van der Waals surface area contributed by atoms with Crippen molar-refractivity contribution in [3.63, 3.8) is 0 Å². The molecule has 4 aromatic rings. The monoisotopic (exact) mass is 562 g/mol. The summed E-state index contributed by atoms with van der Waals surface area (Å²) in [6, 6.07) is 8.67. The van der Waals surface area contributed by atoms with E-state index >= 15 is 0 Å². The van der Waals surface area contributed by atoms with E-state index in [4.69, 9.17) is 0 Å². The number of aryl methyl sites for hydroxylation is 1. The maximum atomic E-state index is 13.8. The lowest BCUT2D eigenvalue weighted by atomic mass is 9.75. The van der Waals surface area contributed by atoms with Crippen molar-refractivity contribution in [2.75, 3.05) is 0 Å². The molecule has 0 N–H and O–H groups in total. The number of hydrogen-bond donors (Lipinski definition) is 0. The van der Waals surface area contributed by atoms with Crippen molar-refractivity contribution in [1.29, 1.82) is 0 Å². The number of hydrogen-bond acceptors (Lipinski definition) is 5. The first-order valence-electron chi connectivity index (χ1n) is 12.6. The Kier molecular flexibility index (Phi) is 7.28. The Morgan fingerprint density at radius 1 is 0.950 bits per heavy atom. The fourth-order valence-corrected chi connectivity index (χ4v) is 5.42. The second kappa shape index (κ2) is 10.5. The summed E-state index contributed by atoms with van der Waals surface area (Å²) in [5.74, 6) is -1.13. The van der Waals surface area contributed by atoms with Gasteiger partial charge in [0.1, 0.15) is 11.3 Å². The van der Waals surface area contributed by atoms with E-state index in [-0.39, 0.29) is 35.3 Å². The molecule has 0 amide bonds. The van der Waals surface area contributed by atoms with E-state index in [1.807, 2.05) is 0 Å². The van der Waals surface area contributed by atoms with Gasteiger partial charge in [0.2, 0.25) is 0 Å². The smallest absolute Gasteiger partial charge is 0.404 e. The predicted octanol–water partition coefficient (Wildman–Crippen LogP) is 6.90. The molecular weight excluding hydrogens is 538 g/mol. The van der Waals surface area contributed by atoms with Crippen LogP contribution in [0.4, 0.5) is 26.3 Å². The lowest BCUT2D eigenvalue weighted by Crippen LogP contribution is -2.29. The molecule has 4 aromatic heterocycles. The number of aromatic nitrogens is 4. The van der Waals surface area contributed by atoms with Gasteiger partial charge in [0.05, 0.1) is 12.1 Å². The van der Waals surface area contributed by atoms with E-state index in [2.05, 4.69) is 19.7 Å². The van der Waals surface area contributed by atoms with Crippen LogP contribution in [0.25, 0.3) is 11.0 Å². The quantitative estimate of drug-likeness (QED) is 0.248. The van der Waals surface area contributed by atoms with Crippen LogP contribution in [0.3, 0.4) is 0 Å². The molecule has 1 aliphatic rings. The second-order valence-electron chi connectivity index (χ2n) is 9.86. The van der Waals surface area contributed by atoms with E-state index in [0.29, 0.717) is 42.3 Å². The molecule has 0 atom stereocenters. The molecule has 1 aliphatic carbocycles. The minimum absolute atomic E-state index is 0.0938. The second-order valence-corrected chi connectivity index (χ2v) is 9.86. The molecule has 12 heteroatoms. The number of fused-ring (bicyclic) bond motifs is 1. The number of ether oxygens (including phenoxy) is 1. The highest BCUT2D eigenvalue weighted by molar-refractivity contribution is 5.76. The fourth-order valence-electron chi connectivity index (χ4n) is 5.42. The average molecular weight is 563 g/mol. The summed E-state index contributed by atoms with van der Waals surface area (Å²) in [4.78, 5) is 26.2. The third-order valence-corrected chi connectivity index (χ3v) is 7.25. The van der Waals surface area contributed by atoms with Crippen molar-refractivity contribution in [3.05, 3.63) is 93.4 Å². The van der Waals surface area contributed by atoms with Gasteiger partial charge < -0.3 is 4.74 Å². The Morgan fingerprint density at radius 3 is 2.33 bits per heavy atom. The molecule has 0 saturated heterocycles. The van der Waals surface area contributed by atoms with Crippen molar-refractivity contribution in [1.82, 2.24) is 19.5 Å². The summed E-state index contributed by atoms with van der Waals surface area (Å²) in [6.45, 7) is 1.42. The number of alkyl halides is 6. The Morgan fingerprint density at radius 2 is 1.65 bits per heavy atom. The van der Waals surface area contributed by atoms with Crippen LogP contribution >= 0.6 is 0 Å². The van der Waals surface area contributed by atoms with Crippen LogP contribution in [0.1, 0.15) is 65.6 Å². The minimum atomic E-state index is -4.94. The summed E-state index contributed by atoms with van der Waals surface area (Å²) in [5, 5.41) is 0.614. The van der Waals surface area contributed by atoms with Gasteiger partial charge in [-0.05, 0) is 86.4 Å². The van der Waals surface area contributed by atoms with Crippen molar-refractivity contribution >= 4 is 11.0 Å². The summed E-state index contributed by atoms with van der Waals surface area (Å²) < 4.78 is 85.1. The van der Waals surface area contributed by atoms with Crippen molar-refractivity contribution < 1.29 is 31.1 Å². The molecule has 4 heterocycles. The molecule has 0 aromatic carbocycles. The largest absolute Gasteiger partial charge is 0.573 e. The topological polar surface area (TPSA) is 69.9 Å². The number of nitrogens with zero attached hydrogens (tertiary/aromatic N) is 4. The molecular formula is C28H24F6N4O2. The molecule has 0 spiro atoms. The summed E-state index contributed by atoms with van der Waals surface area (Å²) in [5.41, 5.74) is 0.255.